The zero-order chi connectivity index (χ0) is 17.6. The SMILES string of the molecule is CCOC(=O)Cc1csc(SCc2nnc(-c3cccc(C)c3)o2)n1. The summed E-state index contributed by atoms with van der Waals surface area (Å²) in [7, 11) is 0. The summed E-state index contributed by atoms with van der Waals surface area (Å²) in [6.45, 7) is 4.19. The fourth-order valence-corrected chi connectivity index (χ4v) is 3.81. The van der Waals surface area contributed by atoms with E-state index in [-0.39, 0.29) is 12.4 Å². The summed E-state index contributed by atoms with van der Waals surface area (Å²) in [4.78, 5) is 15.9. The van der Waals surface area contributed by atoms with Gasteiger partial charge in [0.15, 0.2) is 4.34 Å². The molecule has 0 saturated carbocycles. The Kier molecular flexibility index (Phi) is 5.83. The van der Waals surface area contributed by atoms with Gasteiger partial charge in [-0.15, -0.1) is 21.5 Å². The van der Waals surface area contributed by atoms with Gasteiger partial charge in [0.25, 0.3) is 0 Å². The maximum Gasteiger partial charge on any atom is 0.311 e. The Bertz CT molecular complexity index is 860. The summed E-state index contributed by atoms with van der Waals surface area (Å²) >= 11 is 2.99. The molecule has 0 bridgehead atoms. The van der Waals surface area contributed by atoms with E-state index in [1.165, 1.54) is 23.1 Å². The topological polar surface area (TPSA) is 78.1 Å². The van der Waals surface area contributed by atoms with E-state index in [1.54, 1.807) is 6.92 Å². The van der Waals surface area contributed by atoms with Crippen LogP contribution in [0.2, 0.25) is 0 Å². The Labute approximate surface area is 153 Å². The molecule has 2 aromatic heterocycles. The van der Waals surface area contributed by atoms with Gasteiger partial charge in [0.1, 0.15) is 0 Å². The van der Waals surface area contributed by atoms with Gasteiger partial charge in [-0.05, 0) is 26.0 Å². The van der Waals surface area contributed by atoms with Gasteiger partial charge in [0.05, 0.1) is 24.5 Å². The number of thiazole rings is 1. The van der Waals surface area contributed by atoms with Gasteiger partial charge >= 0.3 is 5.97 Å². The van der Waals surface area contributed by atoms with Crippen molar-refractivity contribution >= 4 is 29.1 Å². The second-order valence-corrected chi connectivity index (χ2v) is 7.33. The molecule has 3 rings (SSSR count). The Hall–Kier alpha value is -2.19. The van der Waals surface area contributed by atoms with E-state index in [4.69, 9.17) is 9.15 Å². The summed E-state index contributed by atoms with van der Waals surface area (Å²) in [5.41, 5.74) is 2.77. The lowest BCUT2D eigenvalue weighted by Gasteiger charge is -1.98. The van der Waals surface area contributed by atoms with Crippen molar-refractivity contribution in [2.24, 2.45) is 0 Å². The van der Waals surface area contributed by atoms with Crippen molar-refractivity contribution in [3.63, 3.8) is 0 Å². The van der Waals surface area contributed by atoms with Crippen molar-refractivity contribution in [2.75, 3.05) is 6.61 Å². The smallest absolute Gasteiger partial charge is 0.311 e. The van der Waals surface area contributed by atoms with E-state index in [0.29, 0.717) is 24.1 Å². The molecule has 0 unspecified atom stereocenters. The van der Waals surface area contributed by atoms with E-state index in [0.717, 1.165) is 21.2 Å². The number of rotatable bonds is 7. The third kappa shape index (κ3) is 4.90. The number of benzene rings is 1. The molecular weight excluding hydrogens is 358 g/mol. The average molecular weight is 375 g/mol. The number of ether oxygens (including phenoxy) is 1. The fraction of sp³-hybridized carbons (Fsp3) is 0.294. The van der Waals surface area contributed by atoms with Crippen molar-refractivity contribution < 1.29 is 13.9 Å². The number of carbonyl (C=O) groups excluding carboxylic acids is 1. The molecule has 0 radical (unpaired) electrons. The van der Waals surface area contributed by atoms with Crippen molar-refractivity contribution in [3.05, 3.63) is 46.8 Å². The molecule has 1 aromatic carbocycles. The number of esters is 1. The second kappa shape index (κ2) is 8.26. The largest absolute Gasteiger partial charge is 0.466 e. The number of nitrogens with zero attached hydrogens (tertiary/aromatic N) is 3. The lowest BCUT2D eigenvalue weighted by Crippen LogP contribution is -2.07. The van der Waals surface area contributed by atoms with E-state index in [1.807, 2.05) is 36.6 Å². The first-order valence-corrected chi connectivity index (χ1v) is 9.63. The fourth-order valence-electron chi connectivity index (χ4n) is 2.13. The van der Waals surface area contributed by atoms with Crippen LogP contribution in [0.4, 0.5) is 0 Å². The lowest BCUT2D eigenvalue weighted by atomic mass is 10.1. The highest BCUT2D eigenvalue weighted by Crippen LogP contribution is 2.27. The molecule has 25 heavy (non-hydrogen) atoms. The van der Waals surface area contributed by atoms with Crippen LogP contribution in [-0.4, -0.2) is 27.8 Å². The van der Waals surface area contributed by atoms with Crippen LogP contribution in [0.5, 0.6) is 0 Å². The Morgan fingerprint density at radius 2 is 2.24 bits per heavy atom. The van der Waals surface area contributed by atoms with Crippen LogP contribution in [0.3, 0.4) is 0 Å². The van der Waals surface area contributed by atoms with Crippen LogP contribution in [-0.2, 0) is 21.7 Å². The minimum atomic E-state index is -0.260. The predicted molar refractivity (Wildman–Crippen MR) is 96.5 cm³/mol. The molecule has 3 aromatic rings. The number of carbonyl (C=O) groups is 1. The van der Waals surface area contributed by atoms with Crippen LogP contribution in [0.1, 0.15) is 24.1 Å². The molecule has 0 aliphatic carbocycles. The molecule has 0 atom stereocenters. The van der Waals surface area contributed by atoms with Crippen LogP contribution in [0.15, 0.2) is 38.4 Å². The number of aryl methyl sites for hydroxylation is 1. The standard InChI is InChI=1S/C17H17N3O3S2/c1-3-22-15(21)8-13-9-24-17(18-13)25-10-14-19-20-16(23-14)12-6-4-5-11(2)7-12/h4-7,9H,3,8,10H2,1-2H3. The summed E-state index contributed by atoms with van der Waals surface area (Å²) in [6.07, 6.45) is 0.197. The predicted octanol–water partition coefficient (Wildman–Crippen LogP) is 3.90. The van der Waals surface area contributed by atoms with Crippen molar-refractivity contribution in [1.82, 2.24) is 15.2 Å². The maximum atomic E-state index is 11.5. The minimum Gasteiger partial charge on any atom is -0.466 e. The van der Waals surface area contributed by atoms with Gasteiger partial charge in [-0.25, -0.2) is 4.98 Å². The first kappa shape index (κ1) is 17.6. The highest BCUT2D eigenvalue weighted by atomic mass is 32.2. The van der Waals surface area contributed by atoms with Gasteiger partial charge in [-0.2, -0.15) is 0 Å². The van der Waals surface area contributed by atoms with Gasteiger partial charge in [0.2, 0.25) is 11.8 Å². The highest BCUT2D eigenvalue weighted by Gasteiger charge is 2.12. The molecule has 8 heteroatoms. The molecule has 2 heterocycles. The lowest BCUT2D eigenvalue weighted by molar-refractivity contribution is -0.142. The van der Waals surface area contributed by atoms with E-state index >= 15 is 0 Å². The monoisotopic (exact) mass is 375 g/mol. The normalized spacial score (nSPS) is 10.8. The van der Waals surface area contributed by atoms with Crippen molar-refractivity contribution in [3.8, 4) is 11.5 Å². The molecule has 0 spiro atoms. The molecule has 0 saturated heterocycles. The molecule has 0 fully saturated rings. The highest BCUT2D eigenvalue weighted by molar-refractivity contribution is 8.00. The molecule has 0 aliphatic rings. The Morgan fingerprint density at radius 1 is 1.36 bits per heavy atom. The second-order valence-electron chi connectivity index (χ2n) is 5.25. The third-order valence-corrected chi connectivity index (χ3v) is 5.27. The van der Waals surface area contributed by atoms with Gasteiger partial charge in [-0.3, -0.25) is 4.79 Å². The molecule has 6 nitrogen and oxygen atoms in total. The molecule has 0 amide bonds. The van der Waals surface area contributed by atoms with Crippen LogP contribution < -0.4 is 0 Å². The first-order chi connectivity index (χ1) is 12.1. The summed E-state index contributed by atoms with van der Waals surface area (Å²) in [6, 6.07) is 7.93. The van der Waals surface area contributed by atoms with Crippen LogP contribution >= 0.6 is 23.1 Å². The summed E-state index contributed by atoms with van der Waals surface area (Å²) in [5.74, 6) is 1.33. The molecule has 130 valence electrons. The Balaban J connectivity index is 1.57. The summed E-state index contributed by atoms with van der Waals surface area (Å²) in [5, 5.41) is 10.0. The average Bonchev–Trinajstić information content (AvgIpc) is 3.22. The first-order valence-electron chi connectivity index (χ1n) is 7.76. The van der Waals surface area contributed by atoms with Crippen LogP contribution in [0.25, 0.3) is 11.5 Å². The minimum absolute atomic E-state index is 0.197. The summed E-state index contributed by atoms with van der Waals surface area (Å²) < 4.78 is 11.5. The number of hydrogen-bond acceptors (Lipinski definition) is 8. The zero-order valence-electron chi connectivity index (χ0n) is 13.9. The molecule has 0 N–H and O–H groups in total. The van der Waals surface area contributed by atoms with E-state index in [2.05, 4.69) is 15.2 Å². The van der Waals surface area contributed by atoms with E-state index in [9.17, 15) is 4.79 Å². The Morgan fingerprint density at radius 3 is 3.04 bits per heavy atom. The van der Waals surface area contributed by atoms with Crippen molar-refractivity contribution in [1.29, 1.82) is 0 Å². The van der Waals surface area contributed by atoms with Crippen molar-refractivity contribution in [2.45, 2.75) is 30.4 Å². The van der Waals surface area contributed by atoms with Gasteiger partial charge in [0, 0.05) is 10.9 Å². The zero-order valence-corrected chi connectivity index (χ0v) is 15.5. The van der Waals surface area contributed by atoms with Crippen LogP contribution in [0, 0.1) is 6.92 Å². The van der Waals surface area contributed by atoms with E-state index < -0.39 is 0 Å². The number of aromatic nitrogens is 3. The third-order valence-electron chi connectivity index (χ3n) is 3.21. The van der Waals surface area contributed by atoms with Gasteiger partial charge in [-0.1, -0.05) is 29.5 Å². The molecule has 0 aliphatic heterocycles. The number of hydrogen-bond donors (Lipinski definition) is 0. The maximum absolute atomic E-state index is 11.5. The quantitative estimate of drug-likeness (QED) is 0.458. The van der Waals surface area contributed by atoms with Gasteiger partial charge < -0.3 is 9.15 Å². The number of thioether (sulfide) groups is 1. The molecular formula is C17H17N3O3S2.